The number of benzene rings is 2. The van der Waals surface area contributed by atoms with Crippen molar-refractivity contribution in [1.82, 2.24) is 19.9 Å². The van der Waals surface area contributed by atoms with E-state index >= 15 is 0 Å². The number of carbonyl (C=O) groups excluding carboxylic acids is 1. The van der Waals surface area contributed by atoms with Crippen LogP contribution < -0.4 is 5.32 Å². The molecule has 140 valence electrons. The molecule has 2 aromatic carbocycles. The third kappa shape index (κ3) is 3.29. The second kappa shape index (κ2) is 6.76. The number of para-hydroxylation sites is 1. The van der Waals surface area contributed by atoms with E-state index in [4.69, 9.17) is 0 Å². The van der Waals surface area contributed by atoms with Gasteiger partial charge in [0.15, 0.2) is 0 Å². The molecular weight excluding hydrogens is 371 g/mol. The lowest BCUT2D eigenvalue weighted by atomic mass is 10.1. The summed E-state index contributed by atoms with van der Waals surface area (Å²) in [5.74, 6) is -0.440. The maximum atomic E-state index is 13.3. The van der Waals surface area contributed by atoms with Gasteiger partial charge < -0.3 is 10.3 Å². The zero-order valence-electron chi connectivity index (χ0n) is 14.2. The Kier molecular flexibility index (Phi) is 4.26. The van der Waals surface area contributed by atoms with Gasteiger partial charge in [-0.2, -0.15) is 13.2 Å². The first-order valence-corrected chi connectivity index (χ1v) is 8.16. The molecule has 2 aromatic heterocycles. The van der Waals surface area contributed by atoms with Crippen LogP contribution >= 0.6 is 0 Å². The molecule has 9 heteroatoms. The molecule has 2 N–H and O–H groups in total. The molecule has 0 saturated heterocycles. The summed E-state index contributed by atoms with van der Waals surface area (Å²) in [6, 6.07) is 10.1. The Morgan fingerprint density at radius 3 is 2.61 bits per heavy atom. The summed E-state index contributed by atoms with van der Waals surface area (Å²) in [7, 11) is 0. The zero-order chi connectivity index (χ0) is 19.7. The monoisotopic (exact) mass is 383 g/mol. The van der Waals surface area contributed by atoms with Crippen LogP contribution in [0, 0.1) is 0 Å². The van der Waals surface area contributed by atoms with Gasteiger partial charge in [-0.25, -0.2) is 9.97 Å². The number of anilines is 1. The molecule has 4 aromatic rings. The fourth-order valence-electron chi connectivity index (χ4n) is 2.80. The number of nitrogens with zero attached hydrogens (tertiary/aromatic N) is 3. The molecule has 6 nitrogen and oxygen atoms in total. The first-order chi connectivity index (χ1) is 13.4. The van der Waals surface area contributed by atoms with E-state index in [1.807, 2.05) is 0 Å². The van der Waals surface area contributed by atoms with Crippen molar-refractivity contribution in [3.8, 4) is 11.4 Å². The number of halogens is 3. The van der Waals surface area contributed by atoms with Crippen molar-refractivity contribution in [3.63, 3.8) is 0 Å². The number of amides is 1. The predicted molar refractivity (Wildman–Crippen MR) is 96.5 cm³/mol. The van der Waals surface area contributed by atoms with Gasteiger partial charge in [0.25, 0.3) is 5.91 Å². The molecular formula is C19H12F3N5O. The van der Waals surface area contributed by atoms with E-state index in [2.05, 4.69) is 25.3 Å². The molecule has 28 heavy (non-hydrogen) atoms. The largest absolute Gasteiger partial charge is 0.417 e. The van der Waals surface area contributed by atoms with Crippen LogP contribution in [0.2, 0.25) is 0 Å². The number of rotatable bonds is 3. The van der Waals surface area contributed by atoms with E-state index in [1.165, 1.54) is 36.8 Å². The summed E-state index contributed by atoms with van der Waals surface area (Å²) in [6.45, 7) is 0. The van der Waals surface area contributed by atoms with Crippen LogP contribution in [0.5, 0.6) is 0 Å². The smallest absolute Gasteiger partial charge is 0.338 e. The van der Waals surface area contributed by atoms with Crippen LogP contribution in [0.1, 0.15) is 16.1 Å². The second-order valence-electron chi connectivity index (χ2n) is 5.88. The van der Waals surface area contributed by atoms with E-state index in [9.17, 15) is 18.0 Å². The SMILES string of the molecule is O=C(Nc1cccc2[nH]c(-c3ccccc3C(F)(F)F)nc12)c1cnccn1. The van der Waals surface area contributed by atoms with Crippen LogP contribution in [0.3, 0.4) is 0 Å². The lowest BCUT2D eigenvalue weighted by molar-refractivity contribution is -0.137. The van der Waals surface area contributed by atoms with Crippen molar-refractivity contribution >= 4 is 22.6 Å². The summed E-state index contributed by atoms with van der Waals surface area (Å²) >= 11 is 0. The van der Waals surface area contributed by atoms with Gasteiger partial charge in [-0.3, -0.25) is 9.78 Å². The Bertz CT molecular complexity index is 1160. The fraction of sp³-hybridized carbons (Fsp3) is 0.0526. The van der Waals surface area contributed by atoms with Gasteiger partial charge in [-0.05, 0) is 18.2 Å². The van der Waals surface area contributed by atoms with E-state index in [-0.39, 0.29) is 17.1 Å². The van der Waals surface area contributed by atoms with Crippen LogP contribution in [0.4, 0.5) is 18.9 Å². The van der Waals surface area contributed by atoms with Gasteiger partial charge in [0.05, 0.1) is 23.0 Å². The Labute approximate surface area is 156 Å². The third-order valence-electron chi connectivity index (χ3n) is 4.04. The number of imidazole rings is 1. The van der Waals surface area contributed by atoms with Crippen molar-refractivity contribution in [1.29, 1.82) is 0 Å². The highest BCUT2D eigenvalue weighted by molar-refractivity contribution is 6.07. The number of carbonyl (C=O) groups is 1. The van der Waals surface area contributed by atoms with E-state index < -0.39 is 17.6 Å². The number of aromatic nitrogens is 4. The van der Waals surface area contributed by atoms with Gasteiger partial charge in [-0.15, -0.1) is 0 Å². The minimum absolute atomic E-state index is 0.0594. The number of alkyl halides is 3. The molecule has 0 unspecified atom stereocenters. The summed E-state index contributed by atoms with van der Waals surface area (Å²) in [5.41, 5.74) is 0.421. The molecule has 0 fully saturated rings. The molecule has 0 aliphatic rings. The highest BCUT2D eigenvalue weighted by Crippen LogP contribution is 2.37. The van der Waals surface area contributed by atoms with Crippen molar-refractivity contribution in [2.45, 2.75) is 6.18 Å². The number of aromatic amines is 1. The van der Waals surface area contributed by atoms with Crippen LogP contribution in [0.15, 0.2) is 61.1 Å². The summed E-state index contributed by atoms with van der Waals surface area (Å²) < 4.78 is 40.0. The van der Waals surface area contributed by atoms with E-state index in [0.29, 0.717) is 16.7 Å². The zero-order valence-corrected chi connectivity index (χ0v) is 14.2. The molecule has 4 rings (SSSR count). The molecule has 0 radical (unpaired) electrons. The summed E-state index contributed by atoms with van der Waals surface area (Å²) in [4.78, 5) is 27.3. The average molecular weight is 383 g/mol. The Morgan fingerprint density at radius 1 is 1.04 bits per heavy atom. The van der Waals surface area contributed by atoms with Crippen LogP contribution in [0.25, 0.3) is 22.4 Å². The number of H-pyrrole nitrogens is 1. The van der Waals surface area contributed by atoms with Crippen molar-refractivity contribution in [2.24, 2.45) is 0 Å². The lowest BCUT2D eigenvalue weighted by Crippen LogP contribution is -2.14. The minimum Gasteiger partial charge on any atom is -0.338 e. The van der Waals surface area contributed by atoms with Gasteiger partial charge in [0.2, 0.25) is 0 Å². The van der Waals surface area contributed by atoms with Crippen molar-refractivity contribution < 1.29 is 18.0 Å². The van der Waals surface area contributed by atoms with Gasteiger partial charge in [0, 0.05) is 18.0 Å². The first kappa shape index (κ1) is 17.7. The molecule has 0 spiro atoms. The lowest BCUT2D eigenvalue weighted by Gasteiger charge is -2.10. The summed E-state index contributed by atoms with van der Waals surface area (Å²) in [5, 5.41) is 2.66. The van der Waals surface area contributed by atoms with Gasteiger partial charge in [-0.1, -0.05) is 24.3 Å². The van der Waals surface area contributed by atoms with Crippen molar-refractivity contribution in [3.05, 3.63) is 72.3 Å². The topological polar surface area (TPSA) is 83.6 Å². The van der Waals surface area contributed by atoms with Crippen LogP contribution in [-0.4, -0.2) is 25.8 Å². The number of hydrogen-bond acceptors (Lipinski definition) is 4. The van der Waals surface area contributed by atoms with Gasteiger partial charge in [0.1, 0.15) is 17.0 Å². The molecule has 0 atom stereocenters. The molecule has 2 heterocycles. The fourth-order valence-corrected chi connectivity index (χ4v) is 2.80. The minimum atomic E-state index is -4.52. The second-order valence-corrected chi connectivity index (χ2v) is 5.88. The first-order valence-electron chi connectivity index (χ1n) is 8.16. The normalized spacial score (nSPS) is 11.5. The highest BCUT2D eigenvalue weighted by atomic mass is 19.4. The molecule has 0 aliphatic heterocycles. The van der Waals surface area contributed by atoms with Crippen molar-refractivity contribution in [2.75, 3.05) is 5.32 Å². The maximum absolute atomic E-state index is 13.3. The van der Waals surface area contributed by atoms with E-state index in [0.717, 1.165) is 6.07 Å². The number of hydrogen-bond donors (Lipinski definition) is 2. The van der Waals surface area contributed by atoms with Crippen LogP contribution in [-0.2, 0) is 6.18 Å². The summed E-state index contributed by atoms with van der Waals surface area (Å²) in [6.07, 6.45) is -0.380. The maximum Gasteiger partial charge on any atom is 0.417 e. The average Bonchev–Trinajstić information content (AvgIpc) is 3.13. The standard InChI is InChI=1S/C19H12F3N5O/c20-19(21,22)12-5-2-1-4-11(12)17-25-13-6-3-7-14(16(13)27-17)26-18(28)15-10-23-8-9-24-15/h1-10H,(H,25,27)(H,26,28). The Morgan fingerprint density at radius 2 is 1.86 bits per heavy atom. The molecule has 0 saturated carbocycles. The number of nitrogens with one attached hydrogen (secondary N) is 2. The molecule has 0 bridgehead atoms. The number of fused-ring (bicyclic) bond motifs is 1. The quantitative estimate of drug-likeness (QED) is 0.553. The Balaban J connectivity index is 1.76. The third-order valence-corrected chi connectivity index (χ3v) is 4.04. The van der Waals surface area contributed by atoms with Gasteiger partial charge >= 0.3 is 6.18 Å². The van der Waals surface area contributed by atoms with E-state index in [1.54, 1.807) is 18.2 Å². The Hall–Kier alpha value is -3.75. The highest BCUT2D eigenvalue weighted by Gasteiger charge is 2.34. The molecule has 0 aliphatic carbocycles. The predicted octanol–water partition coefficient (Wildman–Crippen LogP) is 4.29. The molecule has 1 amide bonds.